The van der Waals surface area contributed by atoms with E-state index in [1.165, 1.54) is 0 Å². The molecule has 1 aliphatic rings. The van der Waals surface area contributed by atoms with Crippen LogP contribution in [0.25, 0.3) is 0 Å². The summed E-state index contributed by atoms with van der Waals surface area (Å²) >= 11 is 0. The quantitative estimate of drug-likeness (QED) is 0.542. The third-order valence-electron chi connectivity index (χ3n) is 3.85. The average Bonchev–Trinajstić information content (AvgIpc) is 2.70. The number of amides is 2. The first-order valence-corrected chi connectivity index (χ1v) is 8.42. The van der Waals surface area contributed by atoms with Gasteiger partial charge in [-0.05, 0) is 12.3 Å². The molecule has 8 nitrogen and oxygen atoms in total. The van der Waals surface area contributed by atoms with Crippen molar-refractivity contribution in [2.45, 2.75) is 52.3 Å². The van der Waals surface area contributed by atoms with Crippen LogP contribution in [0.1, 0.15) is 46.5 Å². The first kappa shape index (κ1) is 20.4. The number of carbonyl (C=O) groups excluding carboxylic acids is 3. The Morgan fingerprint density at radius 2 is 2.08 bits per heavy atom. The lowest BCUT2D eigenvalue weighted by Crippen LogP contribution is -2.56. The first-order valence-electron chi connectivity index (χ1n) is 8.42. The van der Waals surface area contributed by atoms with Crippen LogP contribution in [0.2, 0.25) is 0 Å². The van der Waals surface area contributed by atoms with Crippen LogP contribution >= 0.6 is 0 Å². The SMILES string of the molecule is CCCC1(O)N(CCCC(=O)OCC(C)C)CC(=O)N1CC(N)=O. The van der Waals surface area contributed by atoms with Gasteiger partial charge in [-0.15, -0.1) is 0 Å². The number of hydrogen-bond donors (Lipinski definition) is 2. The molecular weight excluding hydrogens is 314 g/mol. The number of nitrogens with two attached hydrogens (primary N) is 1. The van der Waals surface area contributed by atoms with E-state index >= 15 is 0 Å². The Labute approximate surface area is 142 Å². The van der Waals surface area contributed by atoms with E-state index in [2.05, 4.69) is 0 Å². The lowest BCUT2D eigenvalue weighted by atomic mass is 10.1. The molecule has 0 aliphatic carbocycles. The maximum atomic E-state index is 12.1. The molecular formula is C16H29N3O5. The van der Waals surface area contributed by atoms with Gasteiger partial charge in [-0.25, -0.2) is 4.90 Å². The Kier molecular flexibility index (Phi) is 7.62. The smallest absolute Gasteiger partial charge is 0.305 e. The number of ether oxygens (including phenoxy) is 1. The van der Waals surface area contributed by atoms with Crippen LogP contribution in [-0.2, 0) is 19.1 Å². The third-order valence-corrected chi connectivity index (χ3v) is 3.85. The molecule has 0 spiro atoms. The van der Waals surface area contributed by atoms with Crippen molar-refractivity contribution in [2.75, 3.05) is 26.2 Å². The van der Waals surface area contributed by atoms with Gasteiger partial charge >= 0.3 is 5.97 Å². The van der Waals surface area contributed by atoms with E-state index in [1.54, 1.807) is 4.90 Å². The summed E-state index contributed by atoms with van der Waals surface area (Å²) in [6.45, 7) is 6.22. The molecule has 0 saturated carbocycles. The molecule has 2 amide bonds. The Bertz CT molecular complexity index is 469. The number of carbonyl (C=O) groups is 3. The van der Waals surface area contributed by atoms with Gasteiger partial charge in [0.15, 0.2) is 0 Å². The van der Waals surface area contributed by atoms with Gasteiger partial charge in [0.2, 0.25) is 17.7 Å². The minimum atomic E-state index is -1.53. The second-order valence-corrected chi connectivity index (χ2v) is 6.57. The van der Waals surface area contributed by atoms with Gasteiger partial charge in [-0.3, -0.25) is 19.3 Å². The highest BCUT2D eigenvalue weighted by molar-refractivity contribution is 5.86. The molecule has 1 heterocycles. The molecule has 1 unspecified atom stereocenters. The molecule has 3 N–H and O–H groups in total. The second-order valence-electron chi connectivity index (χ2n) is 6.57. The highest BCUT2D eigenvalue weighted by Crippen LogP contribution is 2.29. The van der Waals surface area contributed by atoms with Gasteiger partial charge in [-0.1, -0.05) is 27.2 Å². The van der Waals surface area contributed by atoms with Crippen LogP contribution in [0.15, 0.2) is 0 Å². The zero-order valence-electron chi connectivity index (χ0n) is 14.8. The summed E-state index contributed by atoms with van der Waals surface area (Å²) in [5.41, 5.74) is 5.17. The van der Waals surface area contributed by atoms with Gasteiger partial charge in [0.25, 0.3) is 0 Å². The third kappa shape index (κ3) is 5.45. The van der Waals surface area contributed by atoms with E-state index in [4.69, 9.17) is 10.5 Å². The zero-order valence-corrected chi connectivity index (χ0v) is 14.8. The highest BCUT2D eigenvalue weighted by atomic mass is 16.5. The summed E-state index contributed by atoms with van der Waals surface area (Å²) in [6, 6.07) is 0. The summed E-state index contributed by atoms with van der Waals surface area (Å²) in [5.74, 6) is -2.54. The van der Waals surface area contributed by atoms with Crippen molar-refractivity contribution in [1.29, 1.82) is 0 Å². The van der Waals surface area contributed by atoms with E-state index in [9.17, 15) is 19.5 Å². The number of esters is 1. The van der Waals surface area contributed by atoms with Crippen LogP contribution < -0.4 is 5.73 Å². The Morgan fingerprint density at radius 3 is 2.62 bits per heavy atom. The van der Waals surface area contributed by atoms with Gasteiger partial charge in [0.1, 0.15) is 6.54 Å². The topological polar surface area (TPSA) is 113 Å². The molecule has 138 valence electrons. The Morgan fingerprint density at radius 1 is 1.42 bits per heavy atom. The number of nitrogens with zero attached hydrogens (tertiary/aromatic N) is 2. The van der Waals surface area contributed by atoms with E-state index in [1.807, 2.05) is 20.8 Å². The van der Waals surface area contributed by atoms with Crippen molar-refractivity contribution in [1.82, 2.24) is 9.80 Å². The fourth-order valence-corrected chi connectivity index (χ4v) is 2.75. The Balaban J connectivity index is 2.61. The van der Waals surface area contributed by atoms with Crippen LogP contribution in [0.4, 0.5) is 0 Å². The predicted octanol–water partition coefficient (Wildman–Crippen LogP) is 0.0415. The van der Waals surface area contributed by atoms with Crippen molar-refractivity contribution in [3.8, 4) is 0 Å². The fraction of sp³-hybridized carbons (Fsp3) is 0.812. The van der Waals surface area contributed by atoms with E-state index in [0.717, 1.165) is 4.90 Å². The number of hydrogen-bond acceptors (Lipinski definition) is 6. The highest BCUT2D eigenvalue weighted by Gasteiger charge is 2.49. The normalized spacial score (nSPS) is 21.5. The molecule has 0 aromatic rings. The van der Waals surface area contributed by atoms with Gasteiger partial charge in [0, 0.05) is 19.4 Å². The van der Waals surface area contributed by atoms with Crippen molar-refractivity contribution >= 4 is 17.8 Å². The maximum absolute atomic E-state index is 12.1. The molecule has 1 rings (SSSR count). The number of rotatable bonds is 10. The largest absolute Gasteiger partial charge is 0.465 e. The van der Waals surface area contributed by atoms with Gasteiger partial charge in [-0.2, -0.15) is 0 Å². The standard InChI is InChI=1S/C16H29N3O5/c1-4-7-16(23)18(10-14(21)19(16)9-13(17)20)8-5-6-15(22)24-11-12(2)3/h12,23H,4-11H2,1-3H3,(H2,17,20). The first-order chi connectivity index (χ1) is 11.2. The average molecular weight is 343 g/mol. The molecule has 0 aromatic heterocycles. The zero-order chi connectivity index (χ0) is 18.3. The molecule has 0 radical (unpaired) electrons. The molecule has 1 aliphatic heterocycles. The molecule has 0 bridgehead atoms. The summed E-state index contributed by atoms with van der Waals surface area (Å²) in [4.78, 5) is 37.6. The fourth-order valence-electron chi connectivity index (χ4n) is 2.75. The summed E-state index contributed by atoms with van der Waals surface area (Å²) in [6.07, 6.45) is 1.62. The molecule has 1 saturated heterocycles. The summed E-state index contributed by atoms with van der Waals surface area (Å²) in [5, 5.41) is 10.9. The predicted molar refractivity (Wildman–Crippen MR) is 87.4 cm³/mol. The monoisotopic (exact) mass is 343 g/mol. The lowest BCUT2D eigenvalue weighted by molar-refractivity contribution is -0.185. The van der Waals surface area contributed by atoms with Crippen LogP contribution in [0.5, 0.6) is 0 Å². The van der Waals surface area contributed by atoms with E-state index < -0.39 is 11.8 Å². The van der Waals surface area contributed by atoms with Gasteiger partial charge < -0.3 is 15.6 Å². The van der Waals surface area contributed by atoms with Crippen LogP contribution in [-0.4, -0.2) is 64.8 Å². The molecule has 8 heteroatoms. The lowest BCUT2D eigenvalue weighted by Gasteiger charge is -2.38. The van der Waals surface area contributed by atoms with Crippen LogP contribution in [0.3, 0.4) is 0 Å². The maximum Gasteiger partial charge on any atom is 0.305 e. The molecule has 24 heavy (non-hydrogen) atoms. The van der Waals surface area contributed by atoms with Crippen molar-refractivity contribution in [3.63, 3.8) is 0 Å². The van der Waals surface area contributed by atoms with E-state index in [0.29, 0.717) is 32.4 Å². The minimum absolute atomic E-state index is 0.00478. The summed E-state index contributed by atoms with van der Waals surface area (Å²) in [7, 11) is 0. The van der Waals surface area contributed by atoms with E-state index in [-0.39, 0.29) is 37.3 Å². The second kappa shape index (κ2) is 8.98. The minimum Gasteiger partial charge on any atom is -0.465 e. The number of primary amides is 1. The van der Waals surface area contributed by atoms with Gasteiger partial charge in [0.05, 0.1) is 13.2 Å². The Hall–Kier alpha value is -1.67. The van der Waals surface area contributed by atoms with Crippen molar-refractivity contribution in [2.24, 2.45) is 11.7 Å². The summed E-state index contributed by atoms with van der Waals surface area (Å²) < 4.78 is 5.10. The van der Waals surface area contributed by atoms with Crippen molar-refractivity contribution < 1.29 is 24.2 Å². The molecule has 1 atom stereocenters. The van der Waals surface area contributed by atoms with Crippen molar-refractivity contribution in [3.05, 3.63) is 0 Å². The number of aliphatic hydroxyl groups is 1. The molecule has 0 aromatic carbocycles. The van der Waals surface area contributed by atoms with Crippen LogP contribution in [0, 0.1) is 5.92 Å². The molecule has 1 fully saturated rings.